The average molecular weight is 412 g/mol. The van der Waals surface area contributed by atoms with Gasteiger partial charge in [-0.05, 0) is 55.4 Å². The van der Waals surface area contributed by atoms with Crippen LogP contribution in [0, 0.1) is 5.41 Å². The minimum atomic E-state index is 0.529. The van der Waals surface area contributed by atoms with Crippen LogP contribution < -0.4 is 10.6 Å². The van der Waals surface area contributed by atoms with Gasteiger partial charge in [0.2, 0.25) is 0 Å². The summed E-state index contributed by atoms with van der Waals surface area (Å²) >= 11 is 0. The fraction of sp³-hybridized carbons (Fsp3) is 0.375. The van der Waals surface area contributed by atoms with Gasteiger partial charge in [0.25, 0.3) is 0 Å². The highest BCUT2D eigenvalue weighted by atomic mass is 15.3. The van der Waals surface area contributed by atoms with Crippen molar-refractivity contribution in [1.29, 1.82) is 0 Å². The topological polar surface area (TPSA) is 72.1 Å². The summed E-state index contributed by atoms with van der Waals surface area (Å²) in [5, 5.41) is 11.6. The summed E-state index contributed by atoms with van der Waals surface area (Å²) in [6, 6.07) is 11.5. The molecule has 3 fully saturated rings. The summed E-state index contributed by atoms with van der Waals surface area (Å²) in [5.41, 5.74) is 5.70. The summed E-state index contributed by atoms with van der Waals surface area (Å²) in [5.74, 6) is 0.946. The second-order valence-corrected chi connectivity index (χ2v) is 9.49. The molecule has 4 aromatic heterocycles. The largest absolute Gasteiger partial charge is 0.367 e. The average Bonchev–Trinajstić information content (AvgIpc) is 3.31. The Morgan fingerprint density at radius 2 is 1.90 bits per heavy atom. The fourth-order valence-electron chi connectivity index (χ4n) is 5.09. The molecular formula is C24H25N7. The summed E-state index contributed by atoms with van der Waals surface area (Å²) in [4.78, 5) is 9.52. The molecule has 156 valence electrons. The molecule has 0 amide bonds. The molecule has 1 aliphatic heterocycles. The summed E-state index contributed by atoms with van der Waals surface area (Å²) in [6.45, 7) is 2.34. The lowest BCUT2D eigenvalue weighted by molar-refractivity contribution is 0.0469. The molecule has 5 heterocycles. The minimum Gasteiger partial charge on any atom is -0.367 e. The number of anilines is 1. The van der Waals surface area contributed by atoms with Crippen LogP contribution in [0.4, 0.5) is 5.82 Å². The van der Waals surface area contributed by atoms with Crippen molar-refractivity contribution in [2.45, 2.75) is 37.8 Å². The van der Waals surface area contributed by atoms with E-state index in [4.69, 9.17) is 4.98 Å². The summed E-state index contributed by atoms with van der Waals surface area (Å²) in [7, 11) is 0. The number of hydrogen-bond acceptors (Lipinski definition) is 5. The number of rotatable bonds is 5. The van der Waals surface area contributed by atoms with Crippen LogP contribution in [0.2, 0.25) is 0 Å². The van der Waals surface area contributed by atoms with Crippen molar-refractivity contribution in [1.82, 2.24) is 29.5 Å². The van der Waals surface area contributed by atoms with Gasteiger partial charge in [0, 0.05) is 42.7 Å². The monoisotopic (exact) mass is 411 g/mol. The Kier molecular flexibility index (Phi) is 3.61. The third kappa shape index (κ3) is 2.95. The zero-order valence-electron chi connectivity index (χ0n) is 17.3. The van der Waals surface area contributed by atoms with Crippen molar-refractivity contribution in [3.05, 3.63) is 55.1 Å². The SMILES string of the molecule is c1cc(NC2CC3(CNC3)C2)nc(-c2cnc3ccc(-c4cnn(C5CC5)c4)cn23)c1. The first-order valence-corrected chi connectivity index (χ1v) is 11.2. The maximum atomic E-state index is 4.91. The van der Waals surface area contributed by atoms with Gasteiger partial charge < -0.3 is 10.6 Å². The quantitative estimate of drug-likeness (QED) is 0.523. The predicted molar refractivity (Wildman–Crippen MR) is 120 cm³/mol. The summed E-state index contributed by atoms with van der Waals surface area (Å²) in [6.07, 6.45) is 13.1. The zero-order chi connectivity index (χ0) is 20.4. The van der Waals surface area contributed by atoms with Crippen molar-refractivity contribution < 1.29 is 0 Å². The van der Waals surface area contributed by atoms with Gasteiger partial charge in [-0.15, -0.1) is 0 Å². The van der Waals surface area contributed by atoms with Crippen molar-refractivity contribution in [3.8, 4) is 22.5 Å². The third-order valence-corrected chi connectivity index (χ3v) is 7.08. The van der Waals surface area contributed by atoms with Crippen LogP contribution in [0.15, 0.2) is 55.1 Å². The standard InChI is InChI=1S/C24H25N7/c1-2-20(29-22(3-1)28-18-8-24(9-18)14-25-15-24)21-11-26-23-7-4-16(12-30(21)23)17-10-27-31(13-17)19-5-6-19/h1-4,7,10-13,18-19,25H,5-6,8-9,14-15H2,(H,28,29). The van der Waals surface area contributed by atoms with E-state index in [-0.39, 0.29) is 0 Å². The molecule has 1 spiro atoms. The van der Waals surface area contributed by atoms with Gasteiger partial charge in [0.15, 0.2) is 0 Å². The molecule has 3 aliphatic rings. The number of pyridine rings is 2. The summed E-state index contributed by atoms with van der Waals surface area (Å²) < 4.78 is 4.23. The first-order valence-electron chi connectivity index (χ1n) is 11.2. The minimum absolute atomic E-state index is 0.529. The number of nitrogens with one attached hydrogen (secondary N) is 2. The molecule has 7 heteroatoms. The highest BCUT2D eigenvalue weighted by Crippen LogP contribution is 2.45. The maximum absolute atomic E-state index is 4.91. The van der Waals surface area contributed by atoms with Crippen molar-refractivity contribution >= 4 is 11.5 Å². The van der Waals surface area contributed by atoms with Gasteiger partial charge in [-0.1, -0.05) is 6.07 Å². The molecule has 31 heavy (non-hydrogen) atoms. The van der Waals surface area contributed by atoms with E-state index < -0.39 is 0 Å². The van der Waals surface area contributed by atoms with Crippen LogP contribution in [0.3, 0.4) is 0 Å². The van der Waals surface area contributed by atoms with Crippen LogP contribution in [0.1, 0.15) is 31.7 Å². The smallest absolute Gasteiger partial charge is 0.137 e. The number of nitrogens with zero attached hydrogens (tertiary/aromatic N) is 5. The number of aromatic nitrogens is 5. The Balaban J connectivity index is 1.18. The Hall–Kier alpha value is -3.19. The number of hydrogen-bond donors (Lipinski definition) is 2. The van der Waals surface area contributed by atoms with E-state index in [1.54, 1.807) is 0 Å². The van der Waals surface area contributed by atoms with Gasteiger partial charge in [-0.2, -0.15) is 5.10 Å². The normalized spacial score (nSPS) is 20.0. The van der Waals surface area contributed by atoms with Crippen LogP contribution in [-0.4, -0.2) is 43.3 Å². The van der Waals surface area contributed by atoms with Gasteiger partial charge in [-0.25, -0.2) is 9.97 Å². The Labute approximate surface area is 180 Å². The molecule has 2 aliphatic carbocycles. The first-order chi connectivity index (χ1) is 15.2. The van der Waals surface area contributed by atoms with Crippen molar-refractivity contribution in [2.24, 2.45) is 5.41 Å². The van der Waals surface area contributed by atoms with Crippen LogP contribution in [0.25, 0.3) is 28.2 Å². The Morgan fingerprint density at radius 1 is 1.00 bits per heavy atom. The van der Waals surface area contributed by atoms with E-state index in [1.165, 1.54) is 38.8 Å². The van der Waals surface area contributed by atoms with Crippen LogP contribution >= 0.6 is 0 Å². The molecule has 4 aromatic rings. The second-order valence-electron chi connectivity index (χ2n) is 9.49. The lowest BCUT2D eigenvalue weighted by Crippen LogP contribution is -2.63. The zero-order valence-corrected chi connectivity index (χ0v) is 17.3. The molecule has 7 rings (SSSR count). The molecular weight excluding hydrogens is 386 g/mol. The third-order valence-electron chi connectivity index (χ3n) is 7.08. The second kappa shape index (κ2) is 6.40. The first kappa shape index (κ1) is 17.5. The predicted octanol–water partition coefficient (Wildman–Crippen LogP) is 3.76. The van der Waals surface area contributed by atoms with E-state index in [9.17, 15) is 0 Å². The molecule has 0 bridgehead atoms. The Bertz CT molecular complexity index is 1270. The van der Waals surface area contributed by atoms with E-state index in [0.717, 1.165) is 34.0 Å². The van der Waals surface area contributed by atoms with Gasteiger partial charge in [-0.3, -0.25) is 9.08 Å². The molecule has 2 N–H and O–H groups in total. The van der Waals surface area contributed by atoms with E-state index in [2.05, 4.69) is 72.5 Å². The van der Waals surface area contributed by atoms with Gasteiger partial charge in [0.1, 0.15) is 11.5 Å². The highest BCUT2D eigenvalue weighted by molar-refractivity contribution is 5.67. The number of imidazole rings is 1. The van der Waals surface area contributed by atoms with Gasteiger partial charge in [0.05, 0.1) is 29.8 Å². The number of fused-ring (bicyclic) bond motifs is 1. The molecule has 7 nitrogen and oxygen atoms in total. The van der Waals surface area contributed by atoms with Gasteiger partial charge >= 0.3 is 0 Å². The van der Waals surface area contributed by atoms with E-state index >= 15 is 0 Å². The van der Waals surface area contributed by atoms with E-state index in [0.29, 0.717) is 17.5 Å². The molecule has 0 unspecified atom stereocenters. The fourth-order valence-corrected chi connectivity index (χ4v) is 5.09. The van der Waals surface area contributed by atoms with Crippen molar-refractivity contribution in [3.63, 3.8) is 0 Å². The maximum Gasteiger partial charge on any atom is 0.137 e. The van der Waals surface area contributed by atoms with Crippen molar-refractivity contribution in [2.75, 3.05) is 18.4 Å². The molecule has 2 saturated carbocycles. The van der Waals surface area contributed by atoms with Crippen LogP contribution in [-0.2, 0) is 0 Å². The molecule has 0 radical (unpaired) electrons. The molecule has 1 saturated heterocycles. The van der Waals surface area contributed by atoms with E-state index in [1.807, 2.05) is 12.4 Å². The molecule has 0 atom stereocenters. The Morgan fingerprint density at radius 3 is 2.71 bits per heavy atom. The molecule has 0 aromatic carbocycles. The lowest BCUT2D eigenvalue weighted by atomic mass is 9.62. The highest BCUT2D eigenvalue weighted by Gasteiger charge is 2.48. The van der Waals surface area contributed by atoms with Crippen LogP contribution in [0.5, 0.6) is 0 Å². The lowest BCUT2D eigenvalue weighted by Gasteiger charge is -2.54.